The number of hydrogen-bond acceptors (Lipinski definition) is 11. The second-order valence-corrected chi connectivity index (χ2v) is 16.3. The zero-order valence-corrected chi connectivity index (χ0v) is 37.0. The van der Waals surface area contributed by atoms with Gasteiger partial charge in [-0.2, -0.15) is 5.10 Å². The van der Waals surface area contributed by atoms with Gasteiger partial charge in [0.25, 0.3) is 11.8 Å². The molecule has 2 heterocycles. The second-order valence-electron chi connectivity index (χ2n) is 15.9. The van der Waals surface area contributed by atoms with Gasteiger partial charge in [0.05, 0.1) is 12.2 Å². The van der Waals surface area contributed by atoms with E-state index in [1.54, 1.807) is 36.4 Å². The Labute approximate surface area is 384 Å². The highest BCUT2D eigenvalue weighted by molar-refractivity contribution is 6.42. The first-order chi connectivity index (χ1) is 31.5. The first-order valence-electron chi connectivity index (χ1n) is 21.1. The maximum Gasteiger partial charge on any atom is 0.295 e. The number of aromatic amines is 1. The summed E-state index contributed by atoms with van der Waals surface area (Å²) in [5.41, 5.74) is 8.51. The van der Waals surface area contributed by atoms with E-state index in [1.807, 2.05) is 12.1 Å². The van der Waals surface area contributed by atoms with Gasteiger partial charge in [0.15, 0.2) is 0 Å². The number of halogens is 1. The Hall–Kier alpha value is -7.57. The second kappa shape index (κ2) is 21.4. The van der Waals surface area contributed by atoms with Gasteiger partial charge in [-0.1, -0.05) is 48.0 Å². The number of hydrogen-bond donors (Lipinski definition) is 9. The number of amides is 6. The number of anilines is 1. The van der Waals surface area contributed by atoms with Crippen molar-refractivity contribution in [1.29, 1.82) is 0 Å². The molecule has 1 aromatic heterocycles. The SMILES string of the molecule is CC1NC(=O)C(N(C)C(=O)C(CCCCN)NC(=O)c2ccc(-c3ccc(Cl)cc3)cc2)c2ccc(O)c(c2)-c2cc(ccc2O)CC(C(=O)NC(C)C(=O)C(=O)Nc2ccn[nH]2)NC1=O. The monoisotopic (exact) mass is 919 g/mol. The number of rotatable bonds is 14. The van der Waals surface area contributed by atoms with Gasteiger partial charge >= 0.3 is 0 Å². The lowest BCUT2D eigenvalue weighted by Crippen LogP contribution is -2.57. The number of ketones is 1. The highest BCUT2D eigenvalue weighted by Crippen LogP contribution is 2.39. The number of aromatic hydroxyl groups is 2. The van der Waals surface area contributed by atoms with Crippen LogP contribution in [0.4, 0.5) is 5.82 Å². The van der Waals surface area contributed by atoms with Gasteiger partial charge < -0.3 is 47.4 Å². The van der Waals surface area contributed by atoms with Crippen molar-refractivity contribution in [2.24, 2.45) is 5.73 Å². The molecule has 0 spiro atoms. The smallest absolute Gasteiger partial charge is 0.295 e. The number of H-pyrrole nitrogens is 1. The normalized spacial score (nSPS) is 16.9. The number of Topliss-reactive ketones (excluding diaryl/α,β-unsaturated/α-hetero) is 1. The predicted octanol–water partition coefficient (Wildman–Crippen LogP) is 3.49. The van der Waals surface area contributed by atoms with E-state index >= 15 is 0 Å². The first kappa shape index (κ1) is 47.9. The van der Waals surface area contributed by atoms with Crippen LogP contribution in [0.5, 0.6) is 11.5 Å². The van der Waals surface area contributed by atoms with E-state index < -0.39 is 71.4 Å². The fourth-order valence-corrected chi connectivity index (χ4v) is 7.55. The standard InChI is InChI=1S/C47H50ClN9O9/c1-25(41(60)46(65)55-39-19-21-50-56-39)51-44(63)36-23-27-7-17-37(58)33(22-27)34-24-31(14-18-38(34)59)40(45(64)52-26(2)42(61)54-36)57(3)47(66)35(6-4-5-20-49)53-43(62)30-10-8-28(9-11-30)29-12-15-32(48)16-13-29/h7-19,21-22,24-26,35-36,40,58-59H,4-6,20,23,49H2,1-3H3,(H,51,63)(H,52,64)(H,53,62)(H,54,61)(H2,50,55,56,65). The van der Waals surface area contributed by atoms with Gasteiger partial charge in [-0.05, 0) is 110 Å². The van der Waals surface area contributed by atoms with Crippen LogP contribution in [0.3, 0.4) is 0 Å². The summed E-state index contributed by atoms with van der Waals surface area (Å²) in [4.78, 5) is 97.1. The highest BCUT2D eigenvalue weighted by atomic mass is 35.5. The summed E-state index contributed by atoms with van der Waals surface area (Å²) in [6, 6.07) is 17.2. The highest BCUT2D eigenvalue weighted by Gasteiger charge is 2.36. The maximum absolute atomic E-state index is 14.6. The van der Waals surface area contributed by atoms with Crippen molar-refractivity contribution in [2.45, 2.75) is 69.7 Å². The Bertz CT molecular complexity index is 2610. The van der Waals surface area contributed by atoms with Crippen LogP contribution in [-0.4, -0.2) is 104 Å². The third kappa shape index (κ3) is 11.6. The zero-order chi connectivity index (χ0) is 47.7. The van der Waals surface area contributed by atoms with Crippen LogP contribution in [0, 0.1) is 0 Å². The van der Waals surface area contributed by atoms with Crippen LogP contribution in [0.15, 0.2) is 97.2 Å². The minimum atomic E-state index is -1.48. The van der Waals surface area contributed by atoms with E-state index in [9.17, 15) is 43.8 Å². The van der Waals surface area contributed by atoms with Crippen LogP contribution in [0.2, 0.25) is 5.02 Å². The lowest BCUT2D eigenvalue weighted by molar-refractivity contribution is -0.141. The van der Waals surface area contributed by atoms with Gasteiger partial charge in [0, 0.05) is 41.2 Å². The van der Waals surface area contributed by atoms with E-state index in [0.717, 1.165) is 16.0 Å². The van der Waals surface area contributed by atoms with E-state index in [-0.39, 0.29) is 52.4 Å². The number of phenols is 2. The number of nitrogens with two attached hydrogens (primary N) is 1. The Morgan fingerprint density at radius 2 is 1.50 bits per heavy atom. The average molecular weight is 920 g/mol. The molecular weight excluding hydrogens is 870 g/mol. The number of carbonyl (C=O) groups is 7. The molecular formula is C47H50ClN9O9. The molecule has 0 aliphatic carbocycles. The molecule has 6 rings (SSSR count). The summed E-state index contributed by atoms with van der Waals surface area (Å²) in [6.45, 7) is 2.99. The van der Waals surface area contributed by atoms with Crippen molar-refractivity contribution >= 4 is 58.6 Å². The van der Waals surface area contributed by atoms with Gasteiger partial charge in [-0.3, -0.25) is 38.7 Å². The Morgan fingerprint density at radius 3 is 2.15 bits per heavy atom. The molecule has 1 aliphatic heterocycles. The topological polar surface area (TPSA) is 278 Å². The number of unbranched alkanes of at least 4 members (excludes halogenated alkanes) is 1. The maximum atomic E-state index is 14.6. The molecule has 0 saturated heterocycles. The summed E-state index contributed by atoms with van der Waals surface area (Å²) >= 11 is 6.05. The number of carbonyl (C=O) groups excluding carboxylic acids is 7. The Kier molecular flexibility index (Phi) is 15.5. The summed E-state index contributed by atoms with van der Waals surface area (Å²) in [6.07, 6.45) is 2.31. The van der Waals surface area contributed by atoms with E-state index in [4.69, 9.17) is 17.3 Å². The fourth-order valence-electron chi connectivity index (χ4n) is 7.42. The third-order valence-corrected chi connectivity index (χ3v) is 11.3. The molecule has 18 nitrogen and oxygen atoms in total. The average Bonchev–Trinajstić information content (AvgIpc) is 3.82. The van der Waals surface area contributed by atoms with Gasteiger partial charge in [0.2, 0.25) is 29.4 Å². The molecule has 10 N–H and O–H groups in total. The fraction of sp³-hybridized carbons (Fsp3) is 0.277. The number of phenolic OH excluding ortho intramolecular Hbond substituents is 2. The minimum absolute atomic E-state index is 0.0676. The number of benzene rings is 4. The first-order valence-corrected chi connectivity index (χ1v) is 21.5. The molecule has 4 aromatic carbocycles. The van der Waals surface area contributed by atoms with E-state index in [0.29, 0.717) is 30.0 Å². The summed E-state index contributed by atoms with van der Waals surface area (Å²) in [5, 5.41) is 41.9. The largest absolute Gasteiger partial charge is 0.507 e. The van der Waals surface area contributed by atoms with Gasteiger partial charge in [-0.15, -0.1) is 0 Å². The number of aromatic nitrogens is 2. The van der Waals surface area contributed by atoms with Crippen LogP contribution in [0.1, 0.15) is 60.6 Å². The van der Waals surface area contributed by atoms with Crippen molar-refractivity contribution < 1.29 is 43.8 Å². The van der Waals surface area contributed by atoms with Crippen molar-refractivity contribution in [3.8, 4) is 33.8 Å². The van der Waals surface area contributed by atoms with Crippen molar-refractivity contribution in [1.82, 2.24) is 36.4 Å². The molecule has 5 atom stereocenters. The Morgan fingerprint density at radius 1 is 0.848 bits per heavy atom. The number of likely N-dealkylation sites (N-methyl/N-ethyl adjacent to an activating group) is 1. The quantitative estimate of drug-likeness (QED) is 0.0575. The number of fused-ring (bicyclic) bond motifs is 5. The van der Waals surface area contributed by atoms with Crippen molar-refractivity contribution in [3.63, 3.8) is 0 Å². The summed E-state index contributed by atoms with van der Waals surface area (Å²) in [5.74, 6) is -6.17. The molecule has 5 unspecified atom stereocenters. The Balaban J connectivity index is 1.29. The van der Waals surface area contributed by atoms with Crippen LogP contribution >= 0.6 is 11.6 Å². The molecule has 1 aliphatic rings. The van der Waals surface area contributed by atoms with Gasteiger partial charge in [0.1, 0.15) is 41.5 Å². The molecule has 6 amide bonds. The van der Waals surface area contributed by atoms with E-state index in [1.165, 1.54) is 69.6 Å². The molecule has 19 heteroatoms. The summed E-state index contributed by atoms with van der Waals surface area (Å²) in [7, 11) is 1.37. The van der Waals surface area contributed by atoms with Crippen LogP contribution < -0.4 is 32.3 Å². The van der Waals surface area contributed by atoms with Crippen molar-refractivity contribution in [3.05, 3.63) is 119 Å². The molecule has 5 aromatic rings. The molecule has 0 fully saturated rings. The van der Waals surface area contributed by atoms with Crippen LogP contribution in [-0.2, 0) is 35.2 Å². The lowest BCUT2D eigenvalue weighted by Gasteiger charge is -2.32. The molecule has 344 valence electrons. The van der Waals surface area contributed by atoms with Crippen molar-refractivity contribution in [2.75, 3.05) is 18.9 Å². The molecule has 66 heavy (non-hydrogen) atoms. The van der Waals surface area contributed by atoms with Crippen LogP contribution in [0.25, 0.3) is 22.3 Å². The zero-order valence-electron chi connectivity index (χ0n) is 36.3. The third-order valence-electron chi connectivity index (χ3n) is 11.1. The number of nitrogens with one attached hydrogen (secondary N) is 6. The molecule has 4 bridgehead atoms. The van der Waals surface area contributed by atoms with E-state index in [2.05, 4.69) is 36.8 Å². The van der Waals surface area contributed by atoms with Gasteiger partial charge in [-0.25, -0.2) is 0 Å². The molecule has 0 saturated carbocycles. The predicted molar refractivity (Wildman–Crippen MR) is 245 cm³/mol. The lowest BCUT2D eigenvalue weighted by atomic mass is 9.93. The number of nitrogens with zero attached hydrogens (tertiary/aromatic N) is 2. The summed E-state index contributed by atoms with van der Waals surface area (Å²) < 4.78 is 0. The minimum Gasteiger partial charge on any atom is -0.507 e. The molecule has 0 radical (unpaired) electrons.